The number of benzene rings is 1. The minimum absolute atomic E-state index is 0.507. The Morgan fingerprint density at radius 1 is 1.33 bits per heavy atom. The summed E-state index contributed by atoms with van der Waals surface area (Å²) >= 11 is 9.59. The van der Waals surface area contributed by atoms with E-state index >= 15 is 0 Å². The van der Waals surface area contributed by atoms with Gasteiger partial charge in [0, 0.05) is 21.3 Å². The Bertz CT molecular complexity index is 599. The van der Waals surface area contributed by atoms with E-state index in [0.29, 0.717) is 16.7 Å². The largest absolute Gasteiger partial charge is 0.383 e. The summed E-state index contributed by atoms with van der Waals surface area (Å²) in [5.41, 5.74) is 8.59. The second kappa shape index (κ2) is 5.24. The van der Waals surface area contributed by atoms with Crippen molar-refractivity contribution in [3.63, 3.8) is 0 Å². The predicted molar refractivity (Wildman–Crippen MR) is 78.7 cm³/mol. The minimum atomic E-state index is 0.507. The standard InChI is InChI=1S/C13H13BrClN3/c1-3-11-7(2)12(16)18-13(17-11)9-6-8(14)4-5-10(9)15/h4-6H,3H2,1-2H3,(H2,16,17,18). The summed E-state index contributed by atoms with van der Waals surface area (Å²) in [7, 11) is 0. The Morgan fingerprint density at radius 3 is 2.72 bits per heavy atom. The van der Waals surface area contributed by atoms with Crippen LogP contribution < -0.4 is 5.73 Å². The molecule has 0 radical (unpaired) electrons. The lowest BCUT2D eigenvalue weighted by atomic mass is 10.1. The zero-order chi connectivity index (χ0) is 13.3. The van der Waals surface area contributed by atoms with E-state index < -0.39 is 0 Å². The predicted octanol–water partition coefficient (Wildman–Crippen LogP) is 4.01. The van der Waals surface area contributed by atoms with Gasteiger partial charge in [-0.1, -0.05) is 34.5 Å². The third kappa shape index (κ3) is 2.49. The maximum Gasteiger partial charge on any atom is 0.163 e. The van der Waals surface area contributed by atoms with Crippen molar-refractivity contribution in [2.75, 3.05) is 5.73 Å². The third-order valence-electron chi connectivity index (χ3n) is 2.79. The highest BCUT2D eigenvalue weighted by Gasteiger charge is 2.12. The van der Waals surface area contributed by atoms with Crippen molar-refractivity contribution in [2.45, 2.75) is 20.3 Å². The topological polar surface area (TPSA) is 51.8 Å². The fourth-order valence-corrected chi connectivity index (χ4v) is 2.28. The van der Waals surface area contributed by atoms with Gasteiger partial charge in [0.25, 0.3) is 0 Å². The Hall–Kier alpha value is -1.13. The summed E-state index contributed by atoms with van der Waals surface area (Å²) in [4.78, 5) is 8.84. The van der Waals surface area contributed by atoms with Crippen LogP contribution in [0.1, 0.15) is 18.2 Å². The molecule has 0 aliphatic heterocycles. The van der Waals surface area contributed by atoms with Gasteiger partial charge in [-0.25, -0.2) is 9.97 Å². The number of anilines is 1. The van der Waals surface area contributed by atoms with Gasteiger partial charge < -0.3 is 5.73 Å². The molecule has 1 aromatic carbocycles. The molecule has 5 heteroatoms. The van der Waals surface area contributed by atoms with E-state index in [1.165, 1.54) is 0 Å². The zero-order valence-electron chi connectivity index (χ0n) is 10.2. The maximum absolute atomic E-state index is 6.18. The van der Waals surface area contributed by atoms with Crippen molar-refractivity contribution in [1.29, 1.82) is 0 Å². The van der Waals surface area contributed by atoms with E-state index in [4.69, 9.17) is 17.3 Å². The lowest BCUT2D eigenvalue weighted by Gasteiger charge is -2.10. The average Bonchev–Trinajstić information content (AvgIpc) is 2.35. The van der Waals surface area contributed by atoms with E-state index in [-0.39, 0.29) is 0 Å². The van der Waals surface area contributed by atoms with Crippen LogP contribution in [0.3, 0.4) is 0 Å². The molecule has 2 rings (SSSR count). The third-order valence-corrected chi connectivity index (χ3v) is 3.61. The molecule has 94 valence electrons. The number of nitrogen functional groups attached to an aromatic ring is 1. The van der Waals surface area contributed by atoms with Crippen LogP contribution >= 0.6 is 27.5 Å². The van der Waals surface area contributed by atoms with Gasteiger partial charge >= 0.3 is 0 Å². The Balaban J connectivity index is 2.64. The molecule has 0 fully saturated rings. The molecule has 3 nitrogen and oxygen atoms in total. The van der Waals surface area contributed by atoms with Gasteiger partial charge in [0.05, 0.1) is 5.02 Å². The summed E-state index contributed by atoms with van der Waals surface area (Å²) in [6.07, 6.45) is 0.817. The number of nitrogens with two attached hydrogens (primary N) is 1. The highest BCUT2D eigenvalue weighted by atomic mass is 79.9. The van der Waals surface area contributed by atoms with Crippen LogP contribution in [0.5, 0.6) is 0 Å². The molecule has 0 saturated heterocycles. The Morgan fingerprint density at radius 2 is 2.06 bits per heavy atom. The van der Waals surface area contributed by atoms with Gasteiger partial charge in [0.2, 0.25) is 0 Å². The molecule has 0 saturated carbocycles. The Kier molecular flexibility index (Phi) is 3.88. The Labute approximate surface area is 120 Å². The molecule has 0 amide bonds. The first-order valence-corrected chi connectivity index (χ1v) is 6.78. The lowest BCUT2D eigenvalue weighted by molar-refractivity contribution is 0.982. The van der Waals surface area contributed by atoms with Crippen molar-refractivity contribution in [3.8, 4) is 11.4 Å². The molecule has 2 N–H and O–H groups in total. The van der Waals surface area contributed by atoms with Crippen LogP contribution in [0.25, 0.3) is 11.4 Å². The SMILES string of the molecule is CCc1nc(-c2cc(Br)ccc2Cl)nc(N)c1C. The quantitative estimate of drug-likeness (QED) is 0.907. The molecule has 0 spiro atoms. The number of halogens is 2. The number of rotatable bonds is 2. The maximum atomic E-state index is 6.18. The fourth-order valence-electron chi connectivity index (χ4n) is 1.72. The van der Waals surface area contributed by atoms with Gasteiger partial charge in [-0.05, 0) is 31.5 Å². The van der Waals surface area contributed by atoms with E-state index in [9.17, 15) is 0 Å². The second-order valence-electron chi connectivity index (χ2n) is 3.98. The average molecular weight is 327 g/mol. The van der Waals surface area contributed by atoms with Crippen LogP contribution in [-0.4, -0.2) is 9.97 Å². The molecule has 1 aromatic heterocycles. The summed E-state index contributed by atoms with van der Waals surface area (Å²) in [5.74, 6) is 1.08. The first-order valence-electron chi connectivity index (χ1n) is 5.61. The minimum Gasteiger partial charge on any atom is -0.383 e. The summed E-state index contributed by atoms with van der Waals surface area (Å²) in [5, 5.41) is 0.614. The van der Waals surface area contributed by atoms with Crippen LogP contribution in [0.4, 0.5) is 5.82 Å². The lowest BCUT2D eigenvalue weighted by Crippen LogP contribution is -2.04. The molecule has 0 atom stereocenters. The normalized spacial score (nSPS) is 10.7. The number of aryl methyl sites for hydroxylation is 1. The van der Waals surface area contributed by atoms with Gasteiger partial charge in [-0.15, -0.1) is 0 Å². The molecule has 1 heterocycles. The van der Waals surface area contributed by atoms with Gasteiger partial charge in [0.15, 0.2) is 5.82 Å². The van der Waals surface area contributed by atoms with E-state index in [1.54, 1.807) is 0 Å². The second-order valence-corrected chi connectivity index (χ2v) is 5.30. The highest BCUT2D eigenvalue weighted by Crippen LogP contribution is 2.29. The first-order chi connectivity index (χ1) is 8.52. The molecule has 0 aliphatic carbocycles. The monoisotopic (exact) mass is 325 g/mol. The molecule has 0 unspecified atom stereocenters. The van der Waals surface area contributed by atoms with Gasteiger partial charge in [-0.3, -0.25) is 0 Å². The molecular weight excluding hydrogens is 314 g/mol. The molecule has 0 aliphatic rings. The van der Waals surface area contributed by atoms with Gasteiger partial charge in [0.1, 0.15) is 5.82 Å². The first kappa shape index (κ1) is 13.3. The van der Waals surface area contributed by atoms with E-state index in [2.05, 4.69) is 25.9 Å². The number of aromatic nitrogens is 2. The summed E-state index contributed by atoms with van der Waals surface area (Å²) in [6.45, 7) is 3.97. The zero-order valence-corrected chi connectivity index (χ0v) is 12.5. The molecule has 2 aromatic rings. The van der Waals surface area contributed by atoms with Crippen LogP contribution in [0, 0.1) is 6.92 Å². The van der Waals surface area contributed by atoms with E-state index in [0.717, 1.165) is 27.7 Å². The molecule has 0 bridgehead atoms. The fraction of sp³-hybridized carbons (Fsp3) is 0.231. The highest BCUT2D eigenvalue weighted by molar-refractivity contribution is 9.10. The van der Waals surface area contributed by atoms with Crippen LogP contribution in [-0.2, 0) is 6.42 Å². The van der Waals surface area contributed by atoms with Crippen LogP contribution in [0.15, 0.2) is 22.7 Å². The summed E-state index contributed by atoms with van der Waals surface area (Å²) in [6, 6.07) is 5.59. The van der Waals surface area contributed by atoms with Crippen molar-refractivity contribution in [1.82, 2.24) is 9.97 Å². The summed E-state index contributed by atoms with van der Waals surface area (Å²) < 4.78 is 0.933. The number of nitrogens with zero attached hydrogens (tertiary/aromatic N) is 2. The number of hydrogen-bond acceptors (Lipinski definition) is 3. The molecule has 18 heavy (non-hydrogen) atoms. The van der Waals surface area contributed by atoms with Crippen molar-refractivity contribution in [2.24, 2.45) is 0 Å². The van der Waals surface area contributed by atoms with E-state index in [1.807, 2.05) is 32.0 Å². The van der Waals surface area contributed by atoms with Crippen molar-refractivity contribution >= 4 is 33.3 Å². The molecular formula is C13H13BrClN3. The van der Waals surface area contributed by atoms with Gasteiger partial charge in [-0.2, -0.15) is 0 Å². The number of hydrogen-bond donors (Lipinski definition) is 1. The van der Waals surface area contributed by atoms with Crippen LogP contribution in [0.2, 0.25) is 5.02 Å². The van der Waals surface area contributed by atoms with Crippen molar-refractivity contribution in [3.05, 3.63) is 39.0 Å². The smallest absolute Gasteiger partial charge is 0.163 e. The van der Waals surface area contributed by atoms with Crippen molar-refractivity contribution < 1.29 is 0 Å².